The number of carbonyl (C=O) groups is 1. The fraction of sp³-hybridized carbons (Fsp3) is 0.500. The van der Waals surface area contributed by atoms with Crippen LogP contribution in [0.5, 0.6) is 11.5 Å². The zero-order valence-corrected chi connectivity index (χ0v) is 16.2. The second-order valence-corrected chi connectivity index (χ2v) is 8.29. The van der Waals surface area contributed by atoms with E-state index in [1.807, 2.05) is 0 Å². The molecule has 128 valence electrons. The molecule has 23 heavy (non-hydrogen) atoms. The summed E-state index contributed by atoms with van der Waals surface area (Å²) in [6.07, 6.45) is 1.18. The normalized spacial score (nSPS) is 16.3. The van der Waals surface area contributed by atoms with E-state index in [0.717, 1.165) is 3.57 Å². The number of amides is 1. The van der Waals surface area contributed by atoms with Gasteiger partial charge in [-0.05, 0) is 34.7 Å². The van der Waals surface area contributed by atoms with Gasteiger partial charge in [0.05, 0.1) is 26.0 Å². The molecule has 1 fully saturated rings. The number of carbonyl (C=O) groups excluding carboxylic acids is 1. The molecule has 2 rings (SSSR count). The maximum absolute atomic E-state index is 12.7. The Morgan fingerprint density at radius 1 is 1.09 bits per heavy atom. The summed E-state index contributed by atoms with van der Waals surface area (Å²) in [7, 11) is -0.151. The van der Waals surface area contributed by atoms with E-state index in [1.165, 1.54) is 17.7 Å². The smallest absolute Gasteiger partial charge is 0.255 e. The summed E-state index contributed by atoms with van der Waals surface area (Å²) in [5.41, 5.74) is 0.524. The van der Waals surface area contributed by atoms with Gasteiger partial charge in [0.15, 0.2) is 11.5 Å². The number of hydrogen-bond donors (Lipinski definition) is 0. The zero-order chi connectivity index (χ0) is 17.2. The van der Waals surface area contributed by atoms with Gasteiger partial charge in [0.25, 0.3) is 5.91 Å². The van der Waals surface area contributed by atoms with Crippen LogP contribution >= 0.6 is 22.6 Å². The molecule has 0 spiro atoms. The molecular weight excluding hydrogens is 435 g/mol. The van der Waals surface area contributed by atoms with Crippen LogP contribution in [0.15, 0.2) is 12.1 Å². The highest BCUT2D eigenvalue weighted by atomic mass is 127. The van der Waals surface area contributed by atoms with E-state index in [1.54, 1.807) is 24.1 Å². The van der Waals surface area contributed by atoms with E-state index in [9.17, 15) is 13.2 Å². The molecule has 0 bridgehead atoms. The van der Waals surface area contributed by atoms with Crippen molar-refractivity contribution in [3.8, 4) is 11.5 Å². The summed E-state index contributed by atoms with van der Waals surface area (Å²) in [6, 6.07) is 3.41. The summed E-state index contributed by atoms with van der Waals surface area (Å²) in [6.45, 7) is 1.37. The Labute approximate surface area is 149 Å². The van der Waals surface area contributed by atoms with Gasteiger partial charge in [-0.15, -0.1) is 0 Å². The molecule has 1 aliphatic heterocycles. The van der Waals surface area contributed by atoms with Crippen molar-refractivity contribution >= 4 is 38.5 Å². The minimum absolute atomic E-state index is 0.136. The fourth-order valence-electron chi connectivity index (χ4n) is 2.41. The van der Waals surface area contributed by atoms with Crippen molar-refractivity contribution < 1.29 is 22.7 Å². The Kier molecular flexibility index (Phi) is 5.74. The summed E-state index contributed by atoms with van der Waals surface area (Å²) in [5, 5.41) is 0. The molecular formula is C14H19IN2O5S. The van der Waals surface area contributed by atoms with Crippen molar-refractivity contribution in [2.45, 2.75) is 0 Å². The van der Waals surface area contributed by atoms with Crippen LogP contribution in [0.4, 0.5) is 0 Å². The van der Waals surface area contributed by atoms with Crippen molar-refractivity contribution in [2.75, 3.05) is 46.7 Å². The monoisotopic (exact) mass is 454 g/mol. The summed E-state index contributed by atoms with van der Waals surface area (Å²) >= 11 is 2.08. The predicted octanol–water partition coefficient (Wildman–Crippen LogP) is 1.03. The van der Waals surface area contributed by atoms with Gasteiger partial charge in [-0.2, -0.15) is 4.31 Å². The minimum atomic E-state index is -3.21. The van der Waals surface area contributed by atoms with Crippen molar-refractivity contribution in [1.82, 2.24) is 9.21 Å². The maximum Gasteiger partial charge on any atom is 0.255 e. The lowest BCUT2D eigenvalue weighted by atomic mass is 10.1. The van der Waals surface area contributed by atoms with Gasteiger partial charge in [0.1, 0.15) is 0 Å². The average molecular weight is 454 g/mol. The standard InChI is InChI=1S/C14H19IN2O5S/c1-21-12-8-10(11(15)9-13(12)22-2)14(18)16-4-6-17(7-5-16)23(3,19)20/h8-9H,4-7H2,1-3H3. The lowest BCUT2D eigenvalue weighted by Gasteiger charge is -2.33. The third-order valence-corrected chi connectivity index (χ3v) is 5.89. The first-order valence-electron chi connectivity index (χ1n) is 6.94. The molecule has 0 N–H and O–H groups in total. The number of ether oxygens (including phenoxy) is 2. The van der Waals surface area contributed by atoms with Gasteiger partial charge in [-0.3, -0.25) is 4.79 Å². The molecule has 0 aromatic heterocycles. The molecule has 1 amide bonds. The van der Waals surface area contributed by atoms with E-state index in [2.05, 4.69) is 22.6 Å². The van der Waals surface area contributed by atoms with Crippen molar-refractivity contribution in [2.24, 2.45) is 0 Å². The number of rotatable bonds is 4. The Bertz CT molecular complexity index is 699. The van der Waals surface area contributed by atoms with Crippen LogP contribution in [0.25, 0.3) is 0 Å². The molecule has 1 saturated heterocycles. The number of methoxy groups -OCH3 is 2. The van der Waals surface area contributed by atoms with Crippen LogP contribution < -0.4 is 9.47 Å². The number of halogens is 1. The molecule has 0 atom stereocenters. The SMILES string of the molecule is COc1cc(I)c(C(=O)N2CCN(S(C)(=O)=O)CC2)cc1OC. The summed E-state index contributed by atoms with van der Waals surface area (Å²) < 4.78 is 35.7. The third-order valence-electron chi connectivity index (χ3n) is 3.70. The molecule has 0 saturated carbocycles. The van der Waals surface area contributed by atoms with E-state index in [4.69, 9.17) is 9.47 Å². The number of benzene rings is 1. The molecule has 9 heteroatoms. The maximum atomic E-state index is 12.7. The van der Waals surface area contributed by atoms with Gasteiger partial charge in [0.2, 0.25) is 10.0 Å². The number of piperazine rings is 1. The average Bonchev–Trinajstić information content (AvgIpc) is 2.53. The van der Waals surface area contributed by atoms with Crippen LogP contribution in [-0.4, -0.2) is 70.2 Å². The Hall–Kier alpha value is -1.07. The van der Waals surface area contributed by atoms with Gasteiger partial charge in [-0.25, -0.2) is 8.42 Å². The van der Waals surface area contributed by atoms with Gasteiger partial charge in [0, 0.05) is 29.7 Å². The highest BCUT2D eigenvalue weighted by Gasteiger charge is 2.28. The lowest BCUT2D eigenvalue weighted by molar-refractivity contribution is 0.0696. The van der Waals surface area contributed by atoms with Crippen LogP contribution in [0.3, 0.4) is 0 Å². The Morgan fingerprint density at radius 2 is 1.61 bits per heavy atom. The minimum Gasteiger partial charge on any atom is -0.493 e. The second-order valence-electron chi connectivity index (χ2n) is 5.14. The number of nitrogens with zero attached hydrogens (tertiary/aromatic N) is 2. The lowest BCUT2D eigenvalue weighted by Crippen LogP contribution is -2.50. The van der Waals surface area contributed by atoms with E-state index in [0.29, 0.717) is 43.2 Å². The summed E-state index contributed by atoms with van der Waals surface area (Å²) in [4.78, 5) is 14.4. The first kappa shape index (κ1) is 18.3. The van der Waals surface area contributed by atoms with Crippen molar-refractivity contribution in [1.29, 1.82) is 0 Å². The Morgan fingerprint density at radius 3 is 2.09 bits per heavy atom. The first-order valence-corrected chi connectivity index (χ1v) is 9.86. The zero-order valence-electron chi connectivity index (χ0n) is 13.2. The Balaban J connectivity index is 2.19. The molecule has 0 radical (unpaired) electrons. The number of hydrogen-bond acceptors (Lipinski definition) is 5. The second kappa shape index (κ2) is 7.22. The molecule has 1 heterocycles. The summed E-state index contributed by atoms with van der Waals surface area (Å²) in [5.74, 6) is 0.921. The van der Waals surface area contributed by atoms with E-state index in [-0.39, 0.29) is 5.91 Å². The largest absolute Gasteiger partial charge is 0.493 e. The first-order chi connectivity index (χ1) is 10.8. The van der Waals surface area contributed by atoms with Crippen LogP contribution in [-0.2, 0) is 10.0 Å². The van der Waals surface area contributed by atoms with Crippen LogP contribution in [0.2, 0.25) is 0 Å². The van der Waals surface area contributed by atoms with Crippen molar-refractivity contribution in [3.63, 3.8) is 0 Å². The molecule has 0 aliphatic carbocycles. The number of sulfonamides is 1. The quantitative estimate of drug-likeness (QED) is 0.636. The molecule has 0 unspecified atom stereocenters. The molecule has 1 aliphatic rings. The van der Waals surface area contributed by atoms with Gasteiger partial charge >= 0.3 is 0 Å². The molecule has 1 aromatic carbocycles. The van der Waals surface area contributed by atoms with Crippen LogP contribution in [0, 0.1) is 3.57 Å². The van der Waals surface area contributed by atoms with Gasteiger partial charge < -0.3 is 14.4 Å². The van der Waals surface area contributed by atoms with Gasteiger partial charge in [-0.1, -0.05) is 0 Å². The molecule has 7 nitrogen and oxygen atoms in total. The van der Waals surface area contributed by atoms with E-state index >= 15 is 0 Å². The fourth-order valence-corrected chi connectivity index (χ4v) is 3.91. The van der Waals surface area contributed by atoms with Crippen LogP contribution in [0.1, 0.15) is 10.4 Å². The highest BCUT2D eigenvalue weighted by molar-refractivity contribution is 14.1. The topological polar surface area (TPSA) is 76.2 Å². The third kappa shape index (κ3) is 4.07. The van der Waals surface area contributed by atoms with E-state index < -0.39 is 10.0 Å². The predicted molar refractivity (Wildman–Crippen MR) is 94.6 cm³/mol. The molecule has 1 aromatic rings. The highest BCUT2D eigenvalue weighted by Crippen LogP contribution is 2.32. The van der Waals surface area contributed by atoms with Crippen molar-refractivity contribution in [3.05, 3.63) is 21.3 Å².